The zero-order chi connectivity index (χ0) is 32.6. The molecule has 0 unspecified atom stereocenters. The summed E-state index contributed by atoms with van der Waals surface area (Å²) >= 11 is 0. The lowest BCUT2D eigenvalue weighted by atomic mass is 10.0. The fraction of sp³-hybridized carbons (Fsp3) is 0.278. The first kappa shape index (κ1) is 33.4. The first-order chi connectivity index (χ1) is 21.5. The average Bonchev–Trinajstić information content (AvgIpc) is 3.03. The Balaban J connectivity index is 1.80. The number of nitrogens with one attached hydrogen (secondary N) is 1. The second-order valence-corrected chi connectivity index (χ2v) is 13.2. The summed E-state index contributed by atoms with van der Waals surface area (Å²) in [6.45, 7) is 7.01. The molecule has 2 amide bonds. The smallest absolute Gasteiger partial charge is 0.264 e. The minimum atomic E-state index is -4.18. The number of sulfonamides is 1. The second-order valence-electron chi connectivity index (χ2n) is 11.3. The molecule has 0 heterocycles. The lowest BCUT2D eigenvalue weighted by molar-refractivity contribution is -0.140. The molecule has 0 radical (unpaired) electrons. The maximum absolute atomic E-state index is 14.5. The fourth-order valence-corrected chi connectivity index (χ4v) is 6.27. The minimum Gasteiger partial charge on any atom is -0.352 e. The number of hydrogen-bond donors (Lipinski definition) is 1. The van der Waals surface area contributed by atoms with Crippen LogP contribution in [0.2, 0.25) is 0 Å². The summed E-state index contributed by atoms with van der Waals surface area (Å²) in [4.78, 5) is 29.8. The summed E-state index contributed by atoms with van der Waals surface area (Å²) in [5.74, 6) is -1.36. The molecule has 0 aliphatic rings. The van der Waals surface area contributed by atoms with Crippen LogP contribution >= 0.6 is 0 Å². The molecule has 9 heteroatoms. The van der Waals surface area contributed by atoms with Gasteiger partial charge in [0.05, 0.1) is 10.6 Å². The third-order valence-electron chi connectivity index (χ3n) is 7.75. The molecule has 0 bridgehead atoms. The van der Waals surface area contributed by atoms with Gasteiger partial charge in [-0.3, -0.25) is 13.9 Å². The Morgan fingerprint density at radius 3 is 1.96 bits per heavy atom. The molecular weight excluding hydrogens is 589 g/mol. The largest absolute Gasteiger partial charge is 0.352 e. The third kappa shape index (κ3) is 8.79. The third-order valence-corrected chi connectivity index (χ3v) is 9.54. The number of carbonyl (C=O) groups is 2. The van der Waals surface area contributed by atoms with Gasteiger partial charge in [0, 0.05) is 19.0 Å². The Bertz CT molecular complexity index is 1680. The van der Waals surface area contributed by atoms with Crippen LogP contribution in [0.3, 0.4) is 0 Å². The number of hydrogen-bond acceptors (Lipinski definition) is 4. The Morgan fingerprint density at radius 1 is 0.800 bits per heavy atom. The zero-order valence-corrected chi connectivity index (χ0v) is 26.9. The fourth-order valence-electron chi connectivity index (χ4n) is 4.86. The van der Waals surface area contributed by atoms with Crippen molar-refractivity contribution in [2.75, 3.05) is 10.8 Å². The number of nitrogens with zero attached hydrogens (tertiary/aromatic N) is 2. The highest BCUT2D eigenvalue weighted by atomic mass is 32.2. The predicted octanol–water partition coefficient (Wildman–Crippen LogP) is 6.19. The van der Waals surface area contributed by atoms with Crippen molar-refractivity contribution in [2.45, 2.75) is 64.1 Å². The van der Waals surface area contributed by atoms with E-state index in [4.69, 9.17) is 0 Å². The van der Waals surface area contributed by atoms with E-state index in [9.17, 15) is 22.4 Å². The topological polar surface area (TPSA) is 86.8 Å². The van der Waals surface area contributed by atoms with E-state index in [1.54, 1.807) is 48.5 Å². The van der Waals surface area contributed by atoms with Crippen LogP contribution in [0.25, 0.3) is 0 Å². The van der Waals surface area contributed by atoms with Crippen molar-refractivity contribution in [1.82, 2.24) is 10.2 Å². The molecule has 0 aromatic heterocycles. The standard InChI is InChI=1S/C36H40FN3O4S/c1-5-28(4)38-36(42)34(23-29-9-7-6-8-10-29)39(24-30-15-17-31(37)18-16-30)35(41)25-40(32-19-11-26(2)12-20-32)45(43,44)33-21-13-27(3)14-22-33/h6-22,28,34H,5,23-25H2,1-4H3,(H,38,42)/t28-,34-/m0/s1. The molecule has 7 nitrogen and oxygen atoms in total. The molecule has 4 rings (SSSR count). The molecule has 0 aliphatic heterocycles. The molecule has 4 aromatic carbocycles. The molecular formula is C36H40FN3O4S. The lowest BCUT2D eigenvalue weighted by Gasteiger charge is -2.34. The average molecular weight is 630 g/mol. The van der Waals surface area contributed by atoms with E-state index in [1.165, 1.54) is 29.2 Å². The van der Waals surface area contributed by atoms with E-state index in [2.05, 4.69) is 5.32 Å². The molecule has 236 valence electrons. The SMILES string of the molecule is CC[C@H](C)NC(=O)[C@H](Cc1ccccc1)N(Cc1ccc(F)cc1)C(=O)CN(c1ccc(C)cc1)S(=O)(=O)c1ccc(C)cc1. The molecule has 0 spiro atoms. The van der Waals surface area contributed by atoms with Gasteiger partial charge in [0.2, 0.25) is 11.8 Å². The van der Waals surface area contributed by atoms with Crippen molar-refractivity contribution in [3.8, 4) is 0 Å². The zero-order valence-electron chi connectivity index (χ0n) is 26.1. The normalized spacial score (nSPS) is 12.6. The summed E-state index contributed by atoms with van der Waals surface area (Å²) in [6, 6.07) is 27.3. The van der Waals surface area contributed by atoms with Gasteiger partial charge in [-0.1, -0.05) is 84.8 Å². The van der Waals surface area contributed by atoms with E-state index in [1.807, 2.05) is 58.0 Å². The summed E-state index contributed by atoms with van der Waals surface area (Å²) in [5.41, 5.74) is 3.58. The molecule has 2 atom stereocenters. The van der Waals surface area contributed by atoms with Crippen LogP contribution in [0, 0.1) is 19.7 Å². The van der Waals surface area contributed by atoms with Crippen molar-refractivity contribution in [3.05, 3.63) is 131 Å². The van der Waals surface area contributed by atoms with Gasteiger partial charge in [-0.25, -0.2) is 12.8 Å². The van der Waals surface area contributed by atoms with Gasteiger partial charge in [-0.15, -0.1) is 0 Å². The monoisotopic (exact) mass is 629 g/mol. The second kappa shape index (κ2) is 15.0. The van der Waals surface area contributed by atoms with E-state index in [-0.39, 0.29) is 29.8 Å². The van der Waals surface area contributed by atoms with Crippen LogP contribution in [-0.2, 0) is 32.6 Å². The number of aryl methyl sites for hydroxylation is 2. The minimum absolute atomic E-state index is 0.0309. The van der Waals surface area contributed by atoms with Crippen LogP contribution in [0.5, 0.6) is 0 Å². The van der Waals surface area contributed by atoms with E-state index < -0.39 is 34.3 Å². The maximum atomic E-state index is 14.5. The summed E-state index contributed by atoms with van der Waals surface area (Å²) < 4.78 is 43.1. The molecule has 4 aromatic rings. The summed E-state index contributed by atoms with van der Waals surface area (Å²) in [6.07, 6.45) is 0.886. The van der Waals surface area contributed by atoms with E-state index in [0.717, 1.165) is 21.0 Å². The number of carbonyl (C=O) groups excluding carboxylic acids is 2. The van der Waals surface area contributed by atoms with Crippen molar-refractivity contribution in [2.24, 2.45) is 0 Å². The maximum Gasteiger partial charge on any atom is 0.264 e. The van der Waals surface area contributed by atoms with Gasteiger partial charge in [0.25, 0.3) is 10.0 Å². The van der Waals surface area contributed by atoms with Crippen molar-refractivity contribution >= 4 is 27.5 Å². The highest BCUT2D eigenvalue weighted by molar-refractivity contribution is 7.92. The van der Waals surface area contributed by atoms with E-state index in [0.29, 0.717) is 17.7 Å². The summed E-state index contributed by atoms with van der Waals surface area (Å²) in [5, 5.41) is 3.01. The van der Waals surface area contributed by atoms with Crippen LogP contribution in [0.4, 0.5) is 10.1 Å². The first-order valence-corrected chi connectivity index (χ1v) is 16.5. The van der Waals surface area contributed by atoms with Gasteiger partial charge in [0.15, 0.2) is 0 Å². The number of anilines is 1. The van der Waals surface area contributed by atoms with Gasteiger partial charge < -0.3 is 10.2 Å². The van der Waals surface area contributed by atoms with Crippen LogP contribution < -0.4 is 9.62 Å². The summed E-state index contributed by atoms with van der Waals surface area (Å²) in [7, 11) is -4.18. The molecule has 0 saturated carbocycles. The van der Waals surface area contributed by atoms with Gasteiger partial charge >= 0.3 is 0 Å². The van der Waals surface area contributed by atoms with Gasteiger partial charge in [-0.05, 0) is 74.7 Å². The Morgan fingerprint density at radius 2 is 1.38 bits per heavy atom. The highest BCUT2D eigenvalue weighted by Gasteiger charge is 2.35. The highest BCUT2D eigenvalue weighted by Crippen LogP contribution is 2.26. The number of rotatable bonds is 13. The number of benzene rings is 4. The Hall–Kier alpha value is -4.50. The van der Waals surface area contributed by atoms with E-state index >= 15 is 0 Å². The van der Waals surface area contributed by atoms with Crippen LogP contribution in [0.1, 0.15) is 42.5 Å². The number of halogens is 1. The van der Waals surface area contributed by atoms with Gasteiger partial charge in [-0.2, -0.15) is 0 Å². The van der Waals surface area contributed by atoms with Crippen molar-refractivity contribution in [3.63, 3.8) is 0 Å². The molecule has 1 N–H and O–H groups in total. The molecule has 45 heavy (non-hydrogen) atoms. The van der Waals surface area contributed by atoms with Crippen LogP contribution in [-0.4, -0.2) is 43.8 Å². The van der Waals surface area contributed by atoms with Crippen molar-refractivity contribution in [1.29, 1.82) is 0 Å². The lowest BCUT2D eigenvalue weighted by Crippen LogP contribution is -2.54. The van der Waals surface area contributed by atoms with Gasteiger partial charge in [0.1, 0.15) is 18.4 Å². The first-order valence-electron chi connectivity index (χ1n) is 15.0. The van der Waals surface area contributed by atoms with Crippen molar-refractivity contribution < 1.29 is 22.4 Å². The Kier molecular flexibility index (Phi) is 11.1. The van der Waals surface area contributed by atoms with Crippen LogP contribution in [0.15, 0.2) is 108 Å². The molecule has 0 aliphatic carbocycles. The number of amides is 2. The quantitative estimate of drug-likeness (QED) is 0.191. The molecule has 0 saturated heterocycles. The predicted molar refractivity (Wildman–Crippen MR) is 176 cm³/mol. The molecule has 0 fully saturated rings. The Labute approximate surface area is 265 Å².